The number of ether oxygens (including phenoxy) is 2. The highest BCUT2D eigenvalue weighted by Gasteiger charge is 2.44. The third-order valence-corrected chi connectivity index (χ3v) is 5.16. The Balaban J connectivity index is 2.21. The van der Waals surface area contributed by atoms with Gasteiger partial charge in [-0.2, -0.15) is 0 Å². The lowest BCUT2D eigenvalue weighted by atomic mass is 10.2. The summed E-state index contributed by atoms with van der Waals surface area (Å²) >= 11 is 17.6. The van der Waals surface area contributed by atoms with Crippen molar-refractivity contribution in [2.24, 2.45) is 0 Å². The Labute approximate surface area is 184 Å². The Morgan fingerprint density at radius 2 is 1.24 bits per heavy atom. The molecule has 0 aliphatic heterocycles. The van der Waals surface area contributed by atoms with E-state index in [9.17, 15) is 9.59 Å². The zero-order chi connectivity index (χ0) is 22.0. The van der Waals surface area contributed by atoms with Crippen molar-refractivity contribution in [3.63, 3.8) is 0 Å². The van der Waals surface area contributed by atoms with Crippen LogP contribution >= 0.6 is 34.8 Å². The Bertz CT molecular complexity index is 915. The van der Waals surface area contributed by atoms with Crippen LogP contribution in [0.2, 0.25) is 0 Å². The molecular formula is C20H23Cl3N2O4. The van der Waals surface area contributed by atoms with Crippen molar-refractivity contribution in [2.75, 3.05) is 0 Å². The van der Waals surface area contributed by atoms with E-state index in [0.29, 0.717) is 11.4 Å². The zero-order valence-electron chi connectivity index (χ0n) is 16.8. The summed E-state index contributed by atoms with van der Waals surface area (Å²) in [5.74, 6) is 0. The predicted molar refractivity (Wildman–Crippen MR) is 116 cm³/mol. The number of carbonyl (C=O) groups is 2. The smallest absolute Gasteiger partial charge is 0.419 e. The Hall–Kier alpha value is -1.89. The maximum atomic E-state index is 12.5. The standard InChI is InChI=1S/C20H23Cl3N2O4/c1-18(2,3)28-16(26)24-12-6-8-14(24)10-11-15-9-7-13-25(15)17(27)29-19(4,5)20(21,22)23/h6-13H,1-5H3/b11-10+. The number of carbonyl (C=O) groups excluding carboxylic acids is 2. The van der Waals surface area contributed by atoms with Gasteiger partial charge in [0, 0.05) is 12.4 Å². The van der Waals surface area contributed by atoms with Gasteiger partial charge in [-0.3, -0.25) is 9.13 Å². The molecule has 0 aliphatic rings. The number of rotatable bonds is 3. The highest BCUT2D eigenvalue weighted by atomic mass is 35.6. The third-order valence-electron chi connectivity index (χ3n) is 3.80. The van der Waals surface area contributed by atoms with Crippen molar-refractivity contribution >= 4 is 59.1 Å². The molecule has 0 radical (unpaired) electrons. The first-order valence-corrected chi connectivity index (χ1v) is 9.91. The maximum Gasteiger partial charge on any atom is 0.419 e. The van der Waals surface area contributed by atoms with Gasteiger partial charge in [0.1, 0.15) is 5.60 Å². The van der Waals surface area contributed by atoms with Gasteiger partial charge in [-0.05, 0) is 71.0 Å². The number of alkyl halides is 3. The monoisotopic (exact) mass is 460 g/mol. The van der Waals surface area contributed by atoms with Crippen molar-refractivity contribution in [1.29, 1.82) is 0 Å². The number of hydrogen-bond donors (Lipinski definition) is 0. The van der Waals surface area contributed by atoms with E-state index in [1.54, 1.807) is 63.4 Å². The molecule has 0 N–H and O–H groups in total. The molecule has 0 aromatic carbocycles. The number of hydrogen-bond acceptors (Lipinski definition) is 4. The molecule has 2 aromatic heterocycles. The molecule has 0 amide bonds. The molecular weight excluding hydrogens is 439 g/mol. The maximum absolute atomic E-state index is 12.5. The second-order valence-electron chi connectivity index (χ2n) is 7.80. The van der Waals surface area contributed by atoms with Crippen molar-refractivity contribution in [3.8, 4) is 0 Å². The van der Waals surface area contributed by atoms with Crippen LogP contribution in [0.1, 0.15) is 46.0 Å². The highest BCUT2D eigenvalue weighted by Crippen LogP contribution is 2.40. The van der Waals surface area contributed by atoms with Crippen molar-refractivity contribution in [3.05, 3.63) is 48.0 Å². The van der Waals surface area contributed by atoms with Crippen LogP contribution in [-0.2, 0) is 9.47 Å². The molecule has 0 unspecified atom stereocenters. The van der Waals surface area contributed by atoms with Gasteiger partial charge >= 0.3 is 12.2 Å². The largest absolute Gasteiger partial charge is 0.443 e. The number of nitrogens with zero attached hydrogens (tertiary/aromatic N) is 2. The van der Waals surface area contributed by atoms with Gasteiger partial charge in [0.25, 0.3) is 0 Å². The number of aromatic nitrogens is 2. The molecule has 0 saturated carbocycles. The zero-order valence-corrected chi connectivity index (χ0v) is 19.0. The van der Waals surface area contributed by atoms with Gasteiger partial charge in [0.2, 0.25) is 3.79 Å². The first kappa shape index (κ1) is 23.4. The lowest BCUT2D eigenvalue weighted by Gasteiger charge is -2.31. The van der Waals surface area contributed by atoms with Crippen LogP contribution in [0.5, 0.6) is 0 Å². The molecule has 0 atom stereocenters. The molecule has 2 heterocycles. The minimum atomic E-state index is -1.79. The van der Waals surface area contributed by atoms with E-state index in [4.69, 9.17) is 44.3 Å². The van der Waals surface area contributed by atoms with Crippen LogP contribution < -0.4 is 0 Å². The molecule has 2 rings (SSSR count). The first-order chi connectivity index (χ1) is 13.2. The van der Waals surface area contributed by atoms with Crippen LogP contribution in [0, 0.1) is 0 Å². The normalized spacial score (nSPS) is 13.0. The average Bonchev–Trinajstić information content (AvgIpc) is 3.18. The van der Waals surface area contributed by atoms with Crippen LogP contribution in [-0.4, -0.2) is 36.3 Å². The molecule has 29 heavy (non-hydrogen) atoms. The SMILES string of the molecule is CC(C)(C)OC(=O)n1cccc1/C=C/c1cccn1C(=O)OC(C)(C)C(Cl)(Cl)Cl. The molecule has 0 saturated heterocycles. The Kier molecular flexibility index (Phi) is 6.82. The minimum absolute atomic E-state index is 0.499. The molecule has 158 valence electrons. The second kappa shape index (κ2) is 8.46. The van der Waals surface area contributed by atoms with Crippen molar-refractivity contribution in [1.82, 2.24) is 9.13 Å². The van der Waals surface area contributed by atoms with Crippen LogP contribution in [0.3, 0.4) is 0 Å². The summed E-state index contributed by atoms with van der Waals surface area (Å²) in [6.07, 6.45) is 5.28. The van der Waals surface area contributed by atoms with Gasteiger partial charge in [0.05, 0.1) is 11.4 Å². The molecule has 0 spiro atoms. The van der Waals surface area contributed by atoms with E-state index < -0.39 is 27.2 Å². The summed E-state index contributed by atoms with van der Waals surface area (Å²) in [6, 6.07) is 6.86. The lowest BCUT2D eigenvalue weighted by molar-refractivity contribution is 0.0425. The van der Waals surface area contributed by atoms with Crippen LogP contribution in [0.25, 0.3) is 12.2 Å². The van der Waals surface area contributed by atoms with E-state index in [0.717, 1.165) is 0 Å². The minimum Gasteiger partial charge on any atom is -0.443 e. The van der Waals surface area contributed by atoms with E-state index >= 15 is 0 Å². The summed E-state index contributed by atoms with van der Waals surface area (Å²) < 4.78 is 11.6. The molecule has 2 aromatic rings. The number of halogens is 3. The fraction of sp³-hybridized carbons (Fsp3) is 0.400. The molecule has 9 heteroatoms. The lowest BCUT2D eigenvalue weighted by Crippen LogP contribution is -2.42. The Morgan fingerprint density at radius 3 is 1.62 bits per heavy atom. The van der Waals surface area contributed by atoms with Crippen molar-refractivity contribution in [2.45, 2.75) is 49.6 Å². The second-order valence-corrected chi connectivity index (χ2v) is 10.1. The van der Waals surface area contributed by atoms with Gasteiger partial charge in [-0.25, -0.2) is 9.59 Å². The summed E-state index contributed by atoms with van der Waals surface area (Å²) in [5, 5.41) is 0. The molecule has 6 nitrogen and oxygen atoms in total. The topological polar surface area (TPSA) is 62.5 Å². The van der Waals surface area contributed by atoms with E-state index in [-0.39, 0.29) is 0 Å². The third kappa shape index (κ3) is 6.04. The van der Waals surface area contributed by atoms with Gasteiger partial charge in [0.15, 0.2) is 5.60 Å². The summed E-state index contributed by atoms with van der Waals surface area (Å²) in [7, 11) is 0. The van der Waals surface area contributed by atoms with E-state index in [1.165, 1.54) is 29.2 Å². The fourth-order valence-corrected chi connectivity index (χ4v) is 2.32. The summed E-state index contributed by atoms with van der Waals surface area (Å²) in [5.41, 5.74) is -0.851. The molecule has 0 aliphatic carbocycles. The van der Waals surface area contributed by atoms with Crippen LogP contribution in [0.15, 0.2) is 36.7 Å². The van der Waals surface area contributed by atoms with E-state index in [2.05, 4.69) is 0 Å². The molecule has 0 bridgehead atoms. The highest BCUT2D eigenvalue weighted by molar-refractivity contribution is 6.68. The first-order valence-electron chi connectivity index (χ1n) is 8.77. The van der Waals surface area contributed by atoms with Gasteiger partial charge < -0.3 is 9.47 Å². The summed E-state index contributed by atoms with van der Waals surface area (Å²) in [6.45, 7) is 8.39. The van der Waals surface area contributed by atoms with Crippen LogP contribution in [0.4, 0.5) is 9.59 Å². The van der Waals surface area contributed by atoms with E-state index in [1.807, 2.05) is 0 Å². The average molecular weight is 462 g/mol. The van der Waals surface area contributed by atoms with Crippen molar-refractivity contribution < 1.29 is 19.1 Å². The summed E-state index contributed by atoms with van der Waals surface area (Å²) in [4.78, 5) is 24.9. The van der Waals surface area contributed by atoms with Gasteiger partial charge in [-0.15, -0.1) is 0 Å². The molecule has 0 fully saturated rings. The van der Waals surface area contributed by atoms with Gasteiger partial charge in [-0.1, -0.05) is 34.8 Å². The Morgan fingerprint density at radius 1 is 0.828 bits per heavy atom. The fourth-order valence-electron chi connectivity index (χ4n) is 2.20. The quantitative estimate of drug-likeness (QED) is 0.498. The predicted octanol–water partition coefficient (Wildman–Crippen LogP) is 6.38.